The fourth-order valence-corrected chi connectivity index (χ4v) is 6.21. The number of para-hydroxylation sites is 1. The number of carbonyl (C=O) groups excluding carboxylic acids is 1. The number of furan rings is 2. The monoisotopic (exact) mass is 619 g/mol. The average molecular weight is 620 g/mol. The first-order valence-corrected chi connectivity index (χ1v) is 14.1. The number of nitro benzene ring substituents is 1. The fraction of sp³-hybridized carbons (Fsp3) is 0.100. The van der Waals surface area contributed by atoms with Crippen molar-refractivity contribution in [1.29, 1.82) is 0 Å². The number of allylic oxidation sites excluding steroid dienone is 2. The first-order chi connectivity index (χ1) is 20.1. The summed E-state index contributed by atoms with van der Waals surface area (Å²) in [6, 6.07) is 17.2. The molecular formula is C30H19Cl2N3O6S. The van der Waals surface area contributed by atoms with Crippen molar-refractivity contribution in [3.63, 3.8) is 0 Å². The predicted octanol–water partition coefficient (Wildman–Crippen LogP) is 6.56. The standard InChI is InChI=1S/C30H19Cl2N3O6S/c1-15-27(16(2)36)28(25-12-11-23(41-25)17-7-9-20(31)21(32)13-17)34-29(37)26(42-30(34)33-15)14-18-8-10-24(40-18)19-5-3-4-6-22(19)35(38)39/h3-14,28H,1-2H3/b26-14+/t28-/m0/s1. The van der Waals surface area contributed by atoms with Crippen LogP contribution >= 0.6 is 34.5 Å². The molecule has 1 aliphatic heterocycles. The van der Waals surface area contributed by atoms with Gasteiger partial charge < -0.3 is 8.83 Å². The SMILES string of the molecule is CC(=O)C1=C(C)N=c2s/c(=C/c3ccc(-c4ccccc4[N+](=O)[O-])o3)c(=O)n2[C@H]1c1ccc(-c2ccc(Cl)c(Cl)c2)o1. The third-order valence-electron chi connectivity index (χ3n) is 6.77. The number of hydrogen-bond donors (Lipinski definition) is 0. The second kappa shape index (κ2) is 10.7. The van der Waals surface area contributed by atoms with Gasteiger partial charge in [-0.05, 0) is 62.4 Å². The fourth-order valence-electron chi connectivity index (χ4n) is 4.89. The number of nitro groups is 1. The number of rotatable bonds is 6. The molecule has 0 saturated heterocycles. The molecule has 4 heterocycles. The lowest BCUT2D eigenvalue weighted by Crippen LogP contribution is -2.39. The van der Waals surface area contributed by atoms with Crippen molar-refractivity contribution in [2.75, 3.05) is 0 Å². The highest BCUT2D eigenvalue weighted by atomic mass is 35.5. The summed E-state index contributed by atoms with van der Waals surface area (Å²) < 4.78 is 13.8. The molecule has 1 aliphatic rings. The van der Waals surface area contributed by atoms with Crippen LogP contribution in [0, 0.1) is 10.1 Å². The van der Waals surface area contributed by atoms with Crippen LogP contribution in [0.4, 0.5) is 5.69 Å². The van der Waals surface area contributed by atoms with Gasteiger partial charge in [0, 0.05) is 29.0 Å². The van der Waals surface area contributed by atoms with Crippen LogP contribution in [0.3, 0.4) is 0 Å². The Morgan fingerprint density at radius 3 is 2.55 bits per heavy atom. The Morgan fingerprint density at radius 1 is 1.05 bits per heavy atom. The number of thiazole rings is 1. The zero-order valence-electron chi connectivity index (χ0n) is 22.0. The van der Waals surface area contributed by atoms with Crippen LogP contribution in [0.5, 0.6) is 0 Å². The summed E-state index contributed by atoms with van der Waals surface area (Å²) in [6.45, 7) is 3.14. The van der Waals surface area contributed by atoms with Crippen LogP contribution in [-0.2, 0) is 4.79 Å². The van der Waals surface area contributed by atoms with Crippen molar-refractivity contribution >= 4 is 52.1 Å². The van der Waals surface area contributed by atoms with Gasteiger partial charge in [0.05, 0.1) is 25.1 Å². The zero-order chi connectivity index (χ0) is 29.7. The summed E-state index contributed by atoms with van der Waals surface area (Å²) in [5, 5.41) is 12.2. The molecule has 0 aliphatic carbocycles. The van der Waals surface area contributed by atoms with E-state index in [-0.39, 0.29) is 11.5 Å². The molecule has 0 radical (unpaired) electrons. The number of fused-ring (bicyclic) bond motifs is 1. The summed E-state index contributed by atoms with van der Waals surface area (Å²) >= 11 is 13.4. The molecule has 9 nitrogen and oxygen atoms in total. The van der Waals surface area contributed by atoms with Crippen molar-refractivity contribution in [2.45, 2.75) is 19.9 Å². The lowest BCUT2D eigenvalue weighted by Gasteiger charge is -2.22. The quantitative estimate of drug-likeness (QED) is 0.157. The molecule has 0 bridgehead atoms. The number of carbonyl (C=O) groups is 1. The molecule has 0 unspecified atom stereocenters. The lowest BCUT2D eigenvalue weighted by molar-refractivity contribution is -0.384. The Balaban J connectivity index is 1.45. The molecule has 210 valence electrons. The van der Waals surface area contributed by atoms with Crippen molar-refractivity contribution in [3.8, 4) is 22.6 Å². The topological polar surface area (TPSA) is 121 Å². The van der Waals surface area contributed by atoms with Crippen molar-refractivity contribution in [3.05, 3.63) is 129 Å². The summed E-state index contributed by atoms with van der Waals surface area (Å²) in [5.74, 6) is 1.23. The van der Waals surface area contributed by atoms with E-state index in [1.54, 1.807) is 73.7 Å². The molecule has 5 aromatic rings. The molecule has 0 saturated carbocycles. The number of nitrogens with zero attached hydrogens (tertiary/aromatic N) is 3. The first kappa shape index (κ1) is 27.6. The average Bonchev–Trinajstić information content (AvgIpc) is 3.69. The van der Waals surface area contributed by atoms with E-state index in [0.717, 1.165) is 11.3 Å². The Kier molecular flexibility index (Phi) is 7.05. The lowest BCUT2D eigenvalue weighted by atomic mass is 9.98. The molecule has 3 aromatic heterocycles. The maximum absolute atomic E-state index is 13.8. The summed E-state index contributed by atoms with van der Waals surface area (Å²) in [4.78, 5) is 42.5. The van der Waals surface area contributed by atoms with Crippen LogP contribution in [0.15, 0.2) is 96.6 Å². The highest BCUT2D eigenvalue weighted by molar-refractivity contribution is 7.07. The third kappa shape index (κ3) is 4.83. The highest BCUT2D eigenvalue weighted by Gasteiger charge is 2.33. The van der Waals surface area contributed by atoms with Crippen LogP contribution in [0.25, 0.3) is 28.7 Å². The van der Waals surface area contributed by atoms with E-state index >= 15 is 0 Å². The van der Waals surface area contributed by atoms with Crippen LogP contribution in [0.1, 0.15) is 31.4 Å². The van der Waals surface area contributed by atoms with Gasteiger partial charge in [-0.15, -0.1) is 0 Å². The van der Waals surface area contributed by atoms with Gasteiger partial charge in [-0.25, -0.2) is 4.99 Å². The van der Waals surface area contributed by atoms with Gasteiger partial charge >= 0.3 is 0 Å². The van der Waals surface area contributed by atoms with E-state index in [2.05, 4.69) is 4.99 Å². The second-order valence-electron chi connectivity index (χ2n) is 9.45. The van der Waals surface area contributed by atoms with Crippen LogP contribution in [-0.4, -0.2) is 15.3 Å². The molecule has 1 atom stereocenters. The van der Waals surface area contributed by atoms with Crippen molar-refractivity contribution < 1.29 is 18.6 Å². The van der Waals surface area contributed by atoms with Gasteiger partial charge in [0.25, 0.3) is 11.2 Å². The predicted molar refractivity (Wildman–Crippen MR) is 159 cm³/mol. The third-order valence-corrected chi connectivity index (χ3v) is 8.49. The van der Waals surface area contributed by atoms with E-state index in [4.69, 9.17) is 32.0 Å². The molecule has 0 fully saturated rings. The second-order valence-corrected chi connectivity index (χ2v) is 11.3. The Bertz CT molecular complexity index is 2140. The number of halogens is 2. The minimum absolute atomic E-state index is 0.0938. The molecule has 6 rings (SSSR count). The van der Waals surface area contributed by atoms with Gasteiger partial charge in [0.15, 0.2) is 10.6 Å². The molecule has 0 spiro atoms. The van der Waals surface area contributed by atoms with E-state index in [1.165, 1.54) is 17.6 Å². The summed E-state index contributed by atoms with van der Waals surface area (Å²) in [5.41, 5.74) is 1.32. The highest BCUT2D eigenvalue weighted by Crippen LogP contribution is 2.36. The molecule has 12 heteroatoms. The van der Waals surface area contributed by atoms with Gasteiger partial charge in [0.1, 0.15) is 29.1 Å². The number of Topliss-reactive ketones (excluding diaryl/α,β-unsaturated/α-hetero) is 1. The van der Waals surface area contributed by atoms with E-state index in [0.29, 0.717) is 64.8 Å². The van der Waals surface area contributed by atoms with Crippen molar-refractivity contribution in [1.82, 2.24) is 4.57 Å². The summed E-state index contributed by atoms with van der Waals surface area (Å²) in [6.07, 6.45) is 1.55. The largest absolute Gasteiger partial charge is 0.458 e. The van der Waals surface area contributed by atoms with Crippen molar-refractivity contribution in [2.24, 2.45) is 4.99 Å². The smallest absolute Gasteiger partial charge is 0.280 e. The van der Waals surface area contributed by atoms with Crippen LogP contribution in [0.2, 0.25) is 10.0 Å². The molecule has 42 heavy (non-hydrogen) atoms. The Morgan fingerprint density at radius 2 is 1.81 bits per heavy atom. The molecule has 2 aromatic carbocycles. The van der Waals surface area contributed by atoms with E-state index in [9.17, 15) is 19.7 Å². The summed E-state index contributed by atoms with van der Waals surface area (Å²) in [7, 11) is 0. The minimum atomic E-state index is -0.850. The Hall–Kier alpha value is -4.51. The molecule has 0 N–H and O–H groups in total. The number of benzene rings is 2. The van der Waals surface area contributed by atoms with E-state index < -0.39 is 16.5 Å². The molecule has 0 amide bonds. The normalized spacial score (nSPS) is 15.0. The maximum atomic E-state index is 13.8. The number of hydrogen-bond acceptors (Lipinski definition) is 8. The number of aromatic nitrogens is 1. The number of ketones is 1. The Labute approximate surface area is 251 Å². The van der Waals surface area contributed by atoms with Crippen LogP contribution < -0.4 is 14.9 Å². The van der Waals surface area contributed by atoms with Gasteiger partial charge in [-0.3, -0.25) is 24.3 Å². The zero-order valence-corrected chi connectivity index (χ0v) is 24.3. The van der Waals surface area contributed by atoms with Gasteiger partial charge in [-0.2, -0.15) is 0 Å². The first-order valence-electron chi connectivity index (χ1n) is 12.5. The van der Waals surface area contributed by atoms with Gasteiger partial charge in [0.2, 0.25) is 0 Å². The molecular weight excluding hydrogens is 601 g/mol. The minimum Gasteiger partial charge on any atom is -0.458 e. The van der Waals surface area contributed by atoms with E-state index in [1.807, 2.05) is 0 Å². The maximum Gasteiger partial charge on any atom is 0.280 e. The van der Waals surface area contributed by atoms with Gasteiger partial charge in [-0.1, -0.05) is 46.7 Å².